The summed E-state index contributed by atoms with van der Waals surface area (Å²) in [6.07, 6.45) is 4.48. The van der Waals surface area contributed by atoms with Gasteiger partial charge < -0.3 is 20.1 Å². The number of primary amides is 1. The van der Waals surface area contributed by atoms with E-state index in [1.165, 1.54) is 5.56 Å². The Morgan fingerprint density at radius 1 is 1.03 bits per heavy atom. The topological polar surface area (TPSA) is 101 Å². The summed E-state index contributed by atoms with van der Waals surface area (Å²) in [5.41, 5.74) is 7.44. The van der Waals surface area contributed by atoms with Crippen LogP contribution in [0.4, 0.5) is 10.6 Å². The maximum Gasteiger partial charge on any atom is 0.314 e. The minimum absolute atomic E-state index is 0.371. The maximum atomic E-state index is 11.2. The van der Waals surface area contributed by atoms with Gasteiger partial charge in [0.15, 0.2) is 5.82 Å². The molecule has 150 valence electrons. The molecule has 0 spiro atoms. The van der Waals surface area contributed by atoms with Gasteiger partial charge in [-0.2, -0.15) is 4.98 Å². The number of nitrogens with zero attached hydrogens (tertiary/aromatic N) is 5. The van der Waals surface area contributed by atoms with Crippen LogP contribution in [-0.4, -0.2) is 52.2 Å². The van der Waals surface area contributed by atoms with Gasteiger partial charge in [-0.25, -0.2) is 9.78 Å². The van der Waals surface area contributed by atoms with Crippen LogP contribution in [0.3, 0.4) is 0 Å². The molecule has 0 bridgehead atoms. The summed E-state index contributed by atoms with van der Waals surface area (Å²) in [5.74, 6) is 2.06. The smallest absolute Gasteiger partial charge is 0.314 e. The van der Waals surface area contributed by atoms with Gasteiger partial charge in [-0.15, -0.1) is 0 Å². The molecule has 4 rings (SSSR count). The number of carbonyl (C=O) groups is 1. The van der Waals surface area contributed by atoms with E-state index in [0.717, 1.165) is 30.6 Å². The van der Waals surface area contributed by atoms with Gasteiger partial charge in [0.05, 0.1) is 5.56 Å². The number of pyridine rings is 1. The fourth-order valence-corrected chi connectivity index (χ4v) is 3.42. The zero-order valence-corrected chi connectivity index (χ0v) is 16.2. The van der Waals surface area contributed by atoms with Gasteiger partial charge in [-0.05, 0) is 30.5 Å². The maximum absolute atomic E-state index is 11.2. The molecule has 0 atom stereocenters. The van der Waals surface area contributed by atoms with Crippen molar-refractivity contribution in [3.8, 4) is 11.5 Å². The molecule has 2 amide bonds. The lowest BCUT2D eigenvalue weighted by Crippen LogP contribution is -2.50. The van der Waals surface area contributed by atoms with Crippen molar-refractivity contribution in [2.45, 2.75) is 19.3 Å². The Morgan fingerprint density at radius 2 is 1.83 bits per heavy atom. The Morgan fingerprint density at radius 3 is 2.52 bits per heavy atom. The normalized spacial score (nSPS) is 14.2. The van der Waals surface area contributed by atoms with Crippen LogP contribution >= 0.6 is 0 Å². The average molecular weight is 392 g/mol. The molecular formula is C21H24N6O2. The third kappa shape index (κ3) is 4.71. The molecule has 0 radical (unpaired) electrons. The predicted octanol–water partition coefficient (Wildman–Crippen LogP) is 2.51. The van der Waals surface area contributed by atoms with Crippen LogP contribution in [0.5, 0.6) is 0 Å². The molecule has 3 heterocycles. The monoisotopic (exact) mass is 392 g/mol. The second kappa shape index (κ2) is 8.72. The zero-order valence-electron chi connectivity index (χ0n) is 16.2. The number of aromatic nitrogens is 3. The largest absolute Gasteiger partial charge is 0.353 e. The molecular weight excluding hydrogens is 368 g/mol. The molecule has 1 aliphatic rings. The van der Waals surface area contributed by atoms with Gasteiger partial charge in [0, 0.05) is 38.8 Å². The summed E-state index contributed by atoms with van der Waals surface area (Å²) in [5, 5.41) is 4.09. The van der Waals surface area contributed by atoms with Crippen LogP contribution in [0.25, 0.3) is 11.5 Å². The van der Waals surface area contributed by atoms with Crippen LogP contribution in [0, 0.1) is 0 Å². The van der Waals surface area contributed by atoms with Crippen molar-refractivity contribution in [2.24, 2.45) is 5.73 Å². The van der Waals surface area contributed by atoms with Crippen molar-refractivity contribution < 1.29 is 9.32 Å². The first-order valence-electron chi connectivity index (χ1n) is 9.81. The highest BCUT2D eigenvalue weighted by molar-refractivity contribution is 5.72. The quantitative estimate of drug-likeness (QED) is 0.692. The summed E-state index contributed by atoms with van der Waals surface area (Å²) < 4.78 is 5.41. The molecule has 1 fully saturated rings. The molecule has 0 unspecified atom stereocenters. The summed E-state index contributed by atoms with van der Waals surface area (Å²) in [6.45, 7) is 2.63. The predicted molar refractivity (Wildman–Crippen MR) is 109 cm³/mol. The summed E-state index contributed by atoms with van der Waals surface area (Å²) in [7, 11) is 0. The summed E-state index contributed by atoms with van der Waals surface area (Å²) in [4.78, 5) is 24.0. The number of urea groups is 1. The van der Waals surface area contributed by atoms with Crippen molar-refractivity contribution in [2.75, 3.05) is 31.1 Å². The lowest BCUT2D eigenvalue weighted by Gasteiger charge is -2.34. The van der Waals surface area contributed by atoms with Gasteiger partial charge in [0.25, 0.3) is 5.89 Å². The Bertz CT molecular complexity index is 933. The van der Waals surface area contributed by atoms with Crippen LogP contribution in [-0.2, 0) is 12.8 Å². The van der Waals surface area contributed by atoms with Crippen molar-refractivity contribution in [1.82, 2.24) is 20.0 Å². The van der Waals surface area contributed by atoms with Crippen LogP contribution < -0.4 is 10.6 Å². The SMILES string of the molecule is NC(=O)N1CCN(c2ccc(-c3nc(CCCc4ccccc4)no3)cn2)CC1. The number of anilines is 1. The molecule has 1 aromatic carbocycles. The lowest BCUT2D eigenvalue weighted by atomic mass is 10.1. The fourth-order valence-electron chi connectivity index (χ4n) is 3.42. The number of rotatable bonds is 6. The van der Waals surface area contributed by atoms with E-state index in [4.69, 9.17) is 10.3 Å². The number of amides is 2. The van der Waals surface area contributed by atoms with Gasteiger partial charge in [0.1, 0.15) is 5.82 Å². The second-order valence-electron chi connectivity index (χ2n) is 7.07. The molecule has 3 aromatic rings. The van der Waals surface area contributed by atoms with Gasteiger partial charge in [-0.3, -0.25) is 0 Å². The van der Waals surface area contributed by atoms with E-state index in [9.17, 15) is 4.79 Å². The molecule has 8 nitrogen and oxygen atoms in total. The van der Waals surface area contributed by atoms with E-state index < -0.39 is 0 Å². The van der Waals surface area contributed by atoms with Crippen molar-refractivity contribution in [3.63, 3.8) is 0 Å². The number of benzene rings is 1. The van der Waals surface area contributed by atoms with Crippen LogP contribution in [0.15, 0.2) is 53.2 Å². The van der Waals surface area contributed by atoms with E-state index in [2.05, 4.69) is 44.3 Å². The Balaban J connectivity index is 1.32. The van der Waals surface area contributed by atoms with Crippen molar-refractivity contribution >= 4 is 11.8 Å². The molecule has 0 aliphatic carbocycles. The summed E-state index contributed by atoms with van der Waals surface area (Å²) >= 11 is 0. The van der Waals surface area contributed by atoms with Crippen molar-refractivity contribution in [3.05, 3.63) is 60.0 Å². The van der Waals surface area contributed by atoms with E-state index in [1.54, 1.807) is 11.1 Å². The van der Waals surface area contributed by atoms with Gasteiger partial charge in [0.2, 0.25) is 0 Å². The molecule has 2 aromatic heterocycles. The third-order valence-corrected chi connectivity index (χ3v) is 5.09. The Labute approximate surface area is 169 Å². The molecule has 1 saturated heterocycles. The van der Waals surface area contributed by atoms with Crippen LogP contribution in [0.1, 0.15) is 17.8 Å². The van der Waals surface area contributed by atoms with Gasteiger partial charge >= 0.3 is 6.03 Å². The highest BCUT2D eigenvalue weighted by Gasteiger charge is 2.20. The first-order valence-corrected chi connectivity index (χ1v) is 9.81. The first-order chi connectivity index (χ1) is 14.2. The van der Waals surface area contributed by atoms with E-state index in [1.807, 2.05) is 18.2 Å². The third-order valence-electron chi connectivity index (χ3n) is 5.09. The average Bonchev–Trinajstić information content (AvgIpc) is 3.24. The Kier molecular flexibility index (Phi) is 5.69. The lowest BCUT2D eigenvalue weighted by molar-refractivity contribution is 0.204. The first kappa shape index (κ1) is 18.9. The highest BCUT2D eigenvalue weighted by Crippen LogP contribution is 2.21. The number of hydrogen-bond donors (Lipinski definition) is 1. The number of piperazine rings is 1. The molecule has 1 aliphatic heterocycles. The summed E-state index contributed by atoms with van der Waals surface area (Å²) in [6, 6.07) is 13.9. The second-order valence-corrected chi connectivity index (χ2v) is 7.07. The standard InChI is InChI=1S/C21H24N6O2/c22-21(28)27-13-11-26(12-14-27)19-10-9-17(15-23-19)20-24-18(25-29-20)8-4-7-16-5-2-1-3-6-16/h1-3,5-6,9-10,15H,4,7-8,11-14H2,(H2,22,28). The molecule has 0 saturated carbocycles. The van der Waals surface area contributed by atoms with Crippen LogP contribution in [0.2, 0.25) is 0 Å². The molecule has 8 heteroatoms. The van der Waals surface area contributed by atoms with E-state index in [-0.39, 0.29) is 6.03 Å². The molecule has 29 heavy (non-hydrogen) atoms. The van der Waals surface area contributed by atoms with E-state index in [0.29, 0.717) is 37.9 Å². The van der Waals surface area contributed by atoms with Crippen molar-refractivity contribution in [1.29, 1.82) is 0 Å². The minimum atomic E-state index is -0.371. The number of carbonyl (C=O) groups excluding carboxylic acids is 1. The number of aryl methyl sites for hydroxylation is 2. The number of nitrogens with two attached hydrogens (primary N) is 1. The molecule has 2 N–H and O–H groups in total. The Hall–Kier alpha value is -3.42. The van der Waals surface area contributed by atoms with E-state index >= 15 is 0 Å². The zero-order chi connectivity index (χ0) is 20.1. The fraction of sp³-hybridized carbons (Fsp3) is 0.333. The highest BCUT2D eigenvalue weighted by atomic mass is 16.5. The minimum Gasteiger partial charge on any atom is -0.353 e. The van der Waals surface area contributed by atoms with Gasteiger partial charge in [-0.1, -0.05) is 35.5 Å². The number of hydrogen-bond acceptors (Lipinski definition) is 6.